The Hall–Kier alpha value is -2.02. The lowest BCUT2D eigenvalue weighted by Crippen LogP contribution is -2.39. The fourth-order valence-corrected chi connectivity index (χ4v) is 2.48. The lowest BCUT2D eigenvalue weighted by molar-refractivity contribution is -0.145. The Morgan fingerprint density at radius 2 is 2.14 bits per heavy atom. The maximum atomic E-state index is 13.7. The number of amides is 1. The molecule has 0 aromatic heterocycles. The van der Waals surface area contributed by atoms with Gasteiger partial charge in [-0.3, -0.25) is 9.59 Å². The van der Waals surface area contributed by atoms with Gasteiger partial charge in [-0.25, -0.2) is 8.78 Å². The SMILES string of the molecule is COCCN(CC(=O)O)C(=O)C1CC1c1cc(F)ccc1F. The summed E-state index contributed by atoms with van der Waals surface area (Å²) in [5.74, 6) is -3.51. The number of nitrogens with zero attached hydrogens (tertiary/aromatic N) is 1. The van der Waals surface area contributed by atoms with E-state index in [9.17, 15) is 18.4 Å². The minimum Gasteiger partial charge on any atom is -0.480 e. The van der Waals surface area contributed by atoms with Crippen molar-refractivity contribution in [3.63, 3.8) is 0 Å². The van der Waals surface area contributed by atoms with Crippen LogP contribution < -0.4 is 0 Å². The summed E-state index contributed by atoms with van der Waals surface area (Å²) in [5.41, 5.74) is 0.167. The van der Waals surface area contributed by atoms with Crippen molar-refractivity contribution in [3.8, 4) is 0 Å². The summed E-state index contributed by atoms with van der Waals surface area (Å²) < 4.78 is 31.8. The van der Waals surface area contributed by atoms with Crippen LogP contribution in [0.5, 0.6) is 0 Å². The fraction of sp³-hybridized carbons (Fsp3) is 0.467. The smallest absolute Gasteiger partial charge is 0.323 e. The molecule has 2 rings (SSSR count). The first kappa shape index (κ1) is 16.4. The Labute approximate surface area is 126 Å². The van der Waals surface area contributed by atoms with Gasteiger partial charge in [0, 0.05) is 19.6 Å². The van der Waals surface area contributed by atoms with Crippen molar-refractivity contribution in [2.45, 2.75) is 12.3 Å². The summed E-state index contributed by atoms with van der Waals surface area (Å²) in [6.45, 7) is -0.0712. The molecule has 1 saturated carbocycles. The van der Waals surface area contributed by atoms with Crippen LogP contribution in [-0.4, -0.2) is 48.7 Å². The van der Waals surface area contributed by atoms with Gasteiger partial charge in [-0.15, -0.1) is 0 Å². The summed E-state index contributed by atoms with van der Waals surface area (Å²) in [5, 5.41) is 8.85. The predicted octanol–water partition coefficient (Wildman–Crippen LogP) is 1.63. The number of ether oxygens (including phenoxy) is 1. The Kier molecular flexibility index (Phi) is 5.07. The lowest BCUT2D eigenvalue weighted by atomic mass is 10.1. The molecule has 0 radical (unpaired) electrons. The molecular weight excluding hydrogens is 296 g/mol. The number of hydrogen-bond donors (Lipinski definition) is 1. The molecule has 0 bridgehead atoms. The number of carboxylic acid groups (broad SMARTS) is 1. The van der Waals surface area contributed by atoms with E-state index in [1.54, 1.807) is 0 Å². The maximum Gasteiger partial charge on any atom is 0.323 e. The third-order valence-corrected chi connectivity index (χ3v) is 3.67. The number of hydrogen-bond acceptors (Lipinski definition) is 3. The first-order valence-electron chi connectivity index (χ1n) is 6.88. The second-order valence-corrected chi connectivity index (χ2v) is 5.26. The van der Waals surface area contributed by atoms with Crippen LogP contribution in [0.1, 0.15) is 17.9 Å². The van der Waals surface area contributed by atoms with Crippen molar-refractivity contribution in [1.29, 1.82) is 0 Å². The molecule has 1 aromatic carbocycles. The van der Waals surface area contributed by atoms with Crippen LogP contribution in [0.25, 0.3) is 0 Å². The van der Waals surface area contributed by atoms with Gasteiger partial charge in [-0.2, -0.15) is 0 Å². The average molecular weight is 313 g/mol. The molecule has 5 nitrogen and oxygen atoms in total. The second kappa shape index (κ2) is 6.83. The quantitative estimate of drug-likeness (QED) is 0.831. The molecule has 2 unspecified atom stereocenters. The molecule has 1 aromatic rings. The fourth-order valence-electron chi connectivity index (χ4n) is 2.48. The highest BCUT2D eigenvalue weighted by Gasteiger charge is 2.47. The van der Waals surface area contributed by atoms with Crippen LogP contribution in [-0.2, 0) is 14.3 Å². The molecule has 2 atom stereocenters. The molecule has 1 N–H and O–H groups in total. The number of carboxylic acids is 1. The molecule has 0 spiro atoms. The first-order chi connectivity index (χ1) is 10.4. The Morgan fingerprint density at radius 3 is 2.77 bits per heavy atom. The summed E-state index contributed by atoms with van der Waals surface area (Å²) in [6.07, 6.45) is 0.391. The van der Waals surface area contributed by atoms with Gasteiger partial charge in [0.15, 0.2) is 0 Å². The van der Waals surface area contributed by atoms with Crippen LogP contribution in [0.2, 0.25) is 0 Å². The Morgan fingerprint density at radius 1 is 1.41 bits per heavy atom. The van der Waals surface area contributed by atoms with Crippen LogP contribution in [0.15, 0.2) is 18.2 Å². The van der Waals surface area contributed by atoms with Crippen molar-refractivity contribution in [1.82, 2.24) is 4.90 Å². The number of rotatable bonds is 7. The monoisotopic (exact) mass is 313 g/mol. The van der Waals surface area contributed by atoms with E-state index in [1.165, 1.54) is 12.0 Å². The third kappa shape index (κ3) is 3.79. The van der Waals surface area contributed by atoms with Gasteiger partial charge in [0.25, 0.3) is 0 Å². The normalized spacial score (nSPS) is 19.8. The summed E-state index contributed by atoms with van der Waals surface area (Å²) in [6, 6.07) is 3.14. The van der Waals surface area contributed by atoms with Crippen LogP contribution in [0, 0.1) is 17.6 Å². The zero-order valence-electron chi connectivity index (χ0n) is 12.1. The molecule has 1 fully saturated rings. The van der Waals surface area contributed by atoms with E-state index in [0.29, 0.717) is 6.42 Å². The van der Waals surface area contributed by atoms with Gasteiger partial charge in [-0.05, 0) is 36.1 Å². The number of aliphatic carboxylic acids is 1. The van der Waals surface area contributed by atoms with E-state index in [0.717, 1.165) is 18.2 Å². The molecule has 0 heterocycles. The van der Waals surface area contributed by atoms with Gasteiger partial charge in [0.05, 0.1) is 6.61 Å². The molecular formula is C15H17F2NO4. The zero-order valence-corrected chi connectivity index (χ0v) is 12.1. The lowest BCUT2D eigenvalue weighted by Gasteiger charge is -2.20. The van der Waals surface area contributed by atoms with Gasteiger partial charge in [-0.1, -0.05) is 0 Å². The number of methoxy groups -OCH3 is 1. The van der Waals surface area contributed by atoms with Gasteiger partial charge < -0.3 is 14.7 Å². The molecule has 120 valence electrons. The van der Waals surface area contributed by atoms with Crippen LogP contribution in [0.3, 0.4) is 0 Å². The molecule has 0 saturated heterocycles. The number of benzene rings is 1. The summed E-state index contributed by atoms with van der Waals surface area (Å²) in [4.78, 5) is 24.3. The Bertz CT molecular complexity index is 579. The Balaban J connectivity index is 2.06. The zero-order chi connectivity index (χ0) is 16.3. The van der Waals surface area contributed by atoms with E-state index in [1.807, 2.05) is 0 Å². The molecule has 1 amide bonds. The summed E-state index contributed by atoms with van der Waals surface area (Å²) >= 11 is 0. The van der Waals surface area contributed by atoms with Gasteiger partial charge in [0.2, 0.25) is 5.91 Å². The van der Waals surface area contributed by atoms with Crippen molar-refractivity contribution < 1.29 is 28.2 Å². The molecule has 22 heavy (non-hydrogen) atoms. The summed E-state index contributed by atoms with van der Waals surface area (Å²) in [7, 11) is 1.45. The van der Waals surface area contributed by atoms with E-state index >= 15 is 0 Å². The molecule has 7 heteroatoms. The molecule has 0 aliphatic heterocycles. The first-order valence-corrected chi connectivity index (χ1v) is 6.88. The van der Waals surface area contributed by atoms with Crippen molar-refractivity contribution in [2.75, 3.05) is 26.8 Å². The van der Waals surface area contributed by atoms with E-state index in [4.69, 9.17) is 9.84 Å². The highest BCUT2D eigenvalue weighted by atomic mass is 19.1. The van der Waals surface area contributed by atoms with Crippen LogP contribution in [0.4, 0.5) is 8.78 Å². The van der Waals surface area contributed by atoms with Crippen molar-refractivity contribution >= 4 is 11.9 Å². The minimum absolute atomic E-state index is 0.149. The van der Waals surface area contributed by atoms with Crippen molar-refractivity contribution in [3.05, 3.63) is 35.4 Å². The third-order valence-electron chi connectivity index (χ3n) is 3.67. The number of carbonyl (C=O) groups excluding carboxylic acids is 1. The average Bonchev–Trinajstić information content (AvgIpc) is 3.25. The maximum absolute atomic E-state index is 13.7. The van der Waals surface area contributed by atoms with Crippen molar-refractivity contribution in [2.24, 2.45) is 5.92 Å². The molecule has 1 aliphatic rings. The number of halogens is 2. The van der Waals surface area contributed by atoms with Gasteiger partial charge >= 0.3 is 5.97 Å². The highest BCUT2D eigenvalue weighted by molar-refractivity contribution is 5.86. The van der Waals surface area contributed by atoms with E-state index < -0.39 is 36.0 Å². The van der Waals surface area contributed by atoms with E-state index in [2.05, 4.69) is 0 Å². The standard InChI is InChI=1S/C15H17F2NO4/c1-22-5-4-18(8-14(19)20)15(21)12-7-10(12)11-6-9(16)2-3-13(11)17/h2-3,6,10,12H,4-5,7-8H2,1H3,(H,19,20). The molecule has 1 aliphatic carbocycles. The predicted molar refractivity (Wildman–Crippen MR) is 73.3 cm³/mol. The minimum atomic E-state index is -1.13. The highest BCUT2D eigenvalue weighted by Crippen LogP contribution is 2.49. The van der Waals surface area contributed by atoms with E-state index in [-0.39, 0.29) is 24.6 Å². The van der Waals surface area contributed by atoms with Crippen LogP contribution >= 0.6 is 0 Å². The van der Waals surface area contributed by atoms with Gasteiger partial charge in [0.1, 0.15) is 18.2 Å². The second-order valence-electron chi connectivity index (χ2n) is 5.26. The topological polar surface area (TPSA) is 66.8 Å². The number of carbonyl (C=O) groups is 2. The largest absolute Gasteiger partial charge is 0.480 e.